The van der Waals surface area contributed by atoms with Crippen LogP contribution in [0.25, 0.3) is 54.9 Å². The first-order valence-corrected chi connectivity index (χ1v) is 21.2. The zero-order chi connectivity index (χ0) is 41.5. The standard InChI is InChI=1S/C57H35N5O.Pt/c1-4-16-38(17-5-1)57(39-18-6-2-7-19-39)48-26-11-13-28-51(48)61(40-20-8-3-9-21-40)54-49(57)31-32-52-53(54)46-25-15-33-58-56(46)62(52)41-22-14-23-42(36-41)63-43-29-30-44-45-24-10-12-27-50(45)60-35-34-59-55(60)47(44)37-43;/h1-35H;/q-2;+2. The van der Waals surface area contributed by atoms with E-state index >= 15 is 0 Å². The van der Waals surface area contributed by atoms with E-state index in [1.165, 1.54) is 22.3 Å². The molecule has 0 aliphatic carbocycles. The summed E-state index contributed by atoms with van der Waals surface area (Å²) in [6.07, 6.45) is 5.70. The van der Waals surface area contributed by atoms with Crippen LogP contribution in [0.1, 0.15) is 22.3 Å². The number of aromatic nitrogens is 4. The van der Waals surface area contributed by atoms with E-state index in [-0.39, 0.29) is 21.1 Å². The first-order chi connectivity index (χ1) is 31.3. The molecule has 0 amide bonds. The Bertz CT molecular complexity index is 3690. The van der Waals surface area contributed by atoms with Crippen LogP contribution in [0.2, 0.25) is 0 Å². The van der Waals surface area contributed by atoms with Crippen molar-refractivity contribution in [2.75, 3.05) is 4.90 Å². The van der Waals surface area contributed by atoms with Gasteiger partial charge in [-0.05, 0) is 70.1 Å². The number of ether oxygens (including phenoxy) is 1. The van der Waals surface area contributed by atoms with Crippen LogP contribution in [0, 0.1) is 12.1 Å². The summed E-state index contributed by atoms with van der Waals surface area (Å²) >= 11 is 0. The first kappa shape index (κ1) is 37.9. The molecule has 1 aliphatic rings. The van der Waals surface area contributed by atoms with Crippen LogP contribution in [-0.4, -0.2) is 18.9 Å². The summed E-state index contributed by atoms with van der Waals surface area (Å²) in [5.41, 5.74) is 12.0. The van der Waals surface area contributed by atoms with E-state index in [9.17, 15) is 0 Å². The van der Waals surface area contributed by atoms with Crippen LogP contribution in [0.5, 0.6) is 11.5 Å². The fourth-order valence-corrected chi connectivity index (χ4v) is 10.2. The summed E-state index contributed by atoms with van der Waals surface area (Å²) in [7, 11) is 0. The van der Waals surface area contributed by atoms with Crippen molar-refractivity contribution in [2.45, 2.75) is 5.41 Å². The van der Waals surface area contributed by atoms with Crippen molar-refractivity contribution in [3.63, 3.8) is 0 Å². The Kier molecular flexibility index (Phi) is 8.85. The molecule has 0 unspecified atom stereocenters. The molecule has 0 spiro atoms. The molecular weight excluding hydrogens is 966 g/mol. The van der Waals surface area contributed by atoms with Gasteiger partial charge < -0.3 is 18.6 Å². The van der Waals surface area contributed by atoms with Crippen LogP contribution in [0.4, 0.5) is 17.1 Å². The Balaban J connectivity index is 0.00000433. The minimum atomic E-state index is -0.644. The van der Waals surface area contributed by atoms with Crippen LogP contribution in [-0.2, 0) is 26.5 Å². The van der Waals surface area contributed by atoms with E-state index in [1.807, 2.05) is 42.9 Å². The first-order valence-electron chi connectivity index (χ1n) is 21.2. The van der Waals surface area contributed by atoms with Gasteiger partial charge in [-0.15, -0.1) is 30.3 Å². The number of fused-ring (bicyclic) bond motifs is 12. The van der Waals surface area contributed by atoms with Crippen molar-refractivity contribution in [3.05, 3.63) is 247 Å². The van der Waals surface area contributed by atoms with Crippen LogP contribution >= 0.6 is 0 Å². The number of pyridine rings is 2. The van der Waals surface area contributed by atoms with Gasteiger partial charge in [0.25, 0.3) is 0 Å². The van der Waals surface area contributed by atoms with Gasteiger partial charge in [0.15, 0.2) is 0 Å². The van der Waals surface area contributed by atoms with Crippen molar-refractivity contribution in [3.8, 4) is 17.2 Å². The minimum absolute atomic E-state index is 0. The summed E-state index contributed by atoms with van der Waals surface area (Å²) in [5, 5.41) is 5.25. The number of imidazole rings is 1. The van der Waals surface area contributed by atoms with Gasteiger partial charge in [-0.25, -0.2) is 4.98 Å². The van der Waals surface area contributed by atoms with Gasteiger partial charge >= 0.3 is 21.1 Å². The van der Waals surface area contributed by atoms with Crippen molar-refractivity contribution >= 4 is 66.3 Å². The van der Waals surface area contributed by atoms with Gasteiger partial charge in [0.05, 0.1) is 28.0 Å². The van der Waals surface area contributed by atoms with Gasteiger partial charge in [-0.3, -0.25) is 4.98 Å². The molecule has 13 rings (SSSR count). The van der Waals surface area contributed by atoms with E-state index in [4.69, 9.17) is 14.7 Å². The SMILES string of the molecule is [Pt+2].[c-]1c(Oc2[c-]c3c(cc2)c2ccccc2n2ccnc32)cccc1-n1c2ccc3c(c2c2cccnc21)N(c1ccccc1)c1ccccc1C3(c1ccccc1)c1ccccc1. The molecule has 0 fully saturated rings. The molecule has 4 aromatic heterocycles. The molecule has 0 bridgehead atoms. The molecule has 1 aliphatic heterocycles. The van der Waals surface area contributed by atoms with E-state index in [1.54, 1.807) is 0 Å². The van der Waals surface area contributed by atoms with E-state index in [0.717, 1.165) is 72.0 Å². The summed E-state index contributed by atoms with van der Waals surface area (Å²) in [4.78, 5) is 12.3. The van der Waals surface area contributed by atoms with Gasteiger partial charge in [-0.1, -0.05) is 144 Å². The molecule has 64 heavy (non-hydrogen) atoms. The second-order valence-corrected chi connectivity index (χ2v) is 16.0. The second-order valence-electron chi connectivity index (χ2n) is 16.0. The van der Waals surface area contributed by atoms with Crippen LogP contribution in [0.3, 0.4) is 0 Å². The van der Waals surface area contributed by atoms with E-state index < -0.39 is 5.41 Å². The number of para-hydroxylation sites is 3. The zero-order valence-electron chi connectivity index (χ0n) is 34.2. The molecule has 0 N–H and O–H groups in total. The van der Waals surface area contributed by atoms with Gasteiger partial charge in [0, 0.05) is 52.1 Å². The van der Waals surface area contributed by atoms with Gasteiger partial charge in [0.2, 0.25) is 0 Å². The third kappa shape index (κ3) is 5.49. The molecule has 6 nitrogen and oxygen atoms in total. The Morgan fingerprint density at radius 3 is 1.98 bits per heavy atom. The van der Waals surface area contributed by atoms with Crippen molar-refractivity contribution in [2.24, 2.45) is 0 Å². The maximum atomic E-state index is 6.63. The monoisotopic (exact) mass is 1000 g/mol. The molecule has 304 valence electrons. The fourth-order valence-electron chi connectivity index (χ4n) is 10.2. The van der Waals surface area contributed by atoms with E-state index in [0.29, 0.717) is 11.5 Å². The molecule has 0 saturated heterocycles. The molecule has 0 atom stereocenters. The molecule has 12 aromatic rings. The normalized spacial score (nSPS) is 13.0. The maximum absolute atomic E-state index is 6.63. The van der Waals surface area contributed by atoms with Crippen LogP contribution < -0.4 is 9.64 Å². The second kappa shape index (κ2) is 14.9. The van der Waals surface area contributed by atoms with E-state index in [2.05, 4.69) is 196 Å². The number of hydrogen-bond acceptors (Lipinski definition) is 4. The number of nitrogens with zero attached hydrogens (tertiary/aromatic N) is 5. The third-order valence-electron chi connectivity index (χ3n) is 12.7. The zero-order valence-corrected chi connectivity index (χ0v) is 36.4. The Hall–Kier alpha value is -7.79. The summed E-state index contributed by atoms with van der Waals surface area (Å²) in [6, 6.07) is 76.0. The predicted octanol–water partition coefficient (Wildman–Crippen LogP) is 13.7. The molecule has 0 radical (unpaired) electrons. The number of anilines is 3. The Morgan fingerprint density at radius 1 is 0.484 bits per heavy atom. The Morgan fingerprint density at radius 2 is 1.17 bits per heavy atom. The number of hydrogen-bond donors (Lipinski definition) is 0. The van der Waals surface area contributed by atoms with Crippen molar-refractivity contribution < 1.29 is 25.8 Å². The quantitative estimate of drug-likeness (QED) is 0.123. The van der Waals surface area contributed by atoms with Crippen molar-refractivity contribution in [1.82, 2.24) is 18.9 Å². The average Bonchev–Trinajstić information content (AvgIpc) is 3.99. The summed E-state index contributed by atoms with van der Waals surface area (Å²) in [5.74, 6) is 1.15. The van der Waals surface area contributed by atoms with Crippen molar-refractivity contribution in [1.29, 1.82) is 0 Å². The fraction of sp³-hybridized carbons (Fsp3) is 0.0175. The largest absolute Gasteiger partial charge is 2.00 e. The Labute approximate surface area is 383 Å². The smallest absolute Gasteiger partial charge is 0.503 e. The van der Waals surface area contributed by atoms with Crippen LogP contribution in [0.15, 0.2) is 213 Å². The van der Waals surface area contributed by atoms with Gasteiger partial charge in [-0.2, -0.15) is 6.07 Å². The number of rotatable bonds is 6. The number of benzene rings is 8. The molecule has 7 heteroatoms. The molecule has 8 aromatic carbocycles. The predicted molar refractivity (Wildman–Crippen MR) is 253 cm³/mol. The molecule has 5 heterocycles. The summed E-state index contributed by atoms with van der Waals surface area (Å²) < 4.78 is 11.0. The van der Waals surface area contributed by atoms with Gasteiger partial charge in [0.1, 0.15) is 5.65 Å². The molecule has 0 saturated carbocycles. The maximum Gasteiger partial charge on any atom is 2.00 e. The summed E-state index contributed by atoms with van der Waals surface area (Å²) in [6.45, 7) is 0. The minimum Gasteiger partial charge on any atom is -0.503 e. The average molecular weight is 1000 g/mol. The third-order valence-corrected chi connectivity index (χ3v) is 12.7. The topological polar surface area (TPSA) is 47.6 Å². The molecular formula is C57H35N5OPt.